The molecule has 22 heavy (non-hydrogen) atoms. The van der Waals surface area contributed by atoms with Gasteiger partial charge >= 0.3 is 5.97 Å². The molecule has 2 aromatic rings. The zero-order valence-electron chi connectivity index (χ0n) is 12.0. The molecule has 116 valence electrons. The van der Waals surface area contributed by atoms with Crippen molar-refractivity contribution in [3.63, 3.8) is 0 Å². The maximum Gasteiger partial charge on any atom is 0.315 e. The van der Waals surface area contributed by atoms with E-state index in [1.54, 1.807) is 31.2 Å². The van der Waals surface area contributed by atoms with E-state index in [2.05, 4.69) is 5.32 Å². The van der Waals surface area contributed by atoms with Crippen LogP contribution in [0.5, 0.6) is 0 Å². The summed E-state index contributed by atoms with van der Waals surface area (Å²) in [6.45, 7) is 1.73. The van der Waals surface area contributed by atoms with Gasteiger partial charge in [-0.25, -0.2) is 0 Å². The average molecular weight is 322 g/mol. The van der Waals surface area contributed by atoms with Gasteiger partial charge in [0, 0.05) is 6.54 Å². The highest BCUT2D eigenvalue weighted by atomic mass is 35.5. The Bertz CT molecular complexity index is 668. The van der Waals surface area contributed by atoms with Gasteiger partial charge in [-0.1, -0.05) is 37.3 Å². The number of hydrogen-bond acceptors (Lipinski definition) is 3. The predicted molar refractivity (Wildman–Crippen MR) is 82.1 cm³/mol. The Labute approximate surface area is 132 Å². The molecule has 1 aromatic carbocycles. The summed E-state index contributed by atoms with van der Waals surface area (Å²) in [6, 6.07) is 11.7. The fraction of sp³-hybridized carbons (Fsp3) is 0.250. The Kier molecular flexibility index (Phi) is 4.88. The maximum absolute atomic E-state index is 12.0. The molecule has 0 saturated carbocycles. The lowest BCUT2D eigenvalue weighted by Crippen LogP contribution is -2.46. The molecule has 2 rings (SSSR count). The lowest BCUT2D eigenvalue weighted by Gasteiger charge is -2.28. The van der Waals surface area contributed by atoms with Crippen molar-refractivity contribution in [2.75, 3.05) is 6.54 Å². The monoisotopic (exact) mass is 321 g/mol. The van der Waals surface area contributed by atoms with E-state index in [0.29, 0.717) is 12.0 Å². The topological polar surface area (TPSA) is 79.5 Å². The third kappa shape index (κ3) is 3.14. The van der Waals surface area contributed by atoms with Crippen LogP contribution in [0.15, 0.2) is 46.9 Å². The number of carboxylic acids is 1. The molecular weight excluding hydrogens is 306 g/mol. The standard InChI is InChI=1S/C16H16ClNO4/c1-2-16(15(20)21,11-6-4-3-5-7-11)10-18-14(19)12-8-9-13(17)22-12/h3-9H,2,10H2,1H3,(H,18,19)(H,20,21). The van der Waals surface area contributed by atoms with Crippen molar-refractivity contribution in [1.82, 2.24) is 5.32 Å². The average Bonchev–Trinajstić information content (AvgIpc) is 2.95. The maximum atomic E-state index is 12.0. The van der Waals surface area contributed by atoms with E-state index in [4.69, 9.17) is 16.0 Å². The van der Waals surface area contributed by atoms with Crippen LogP contribution in [0.1, 0.15) is 29.5 Å². The number of aliphatic carboxylic acids is 1. The third-order valence-corrected chi connectivity index (χ3v) is 3.89. The summed E-state index contributed by atoms with van der Waals surface area (Å²) < 4.78 is 5.02. The number of amides is 1. The first-order chi connectivity index (χ1) is 10.5. The Hall–Kier alpha value is -2.27. The van der Waals surface area contributed by atoms with Crippen molar-refractivity contribution in [3.05, 3.63) is 59.0 Å². The second-order valence-electron chi connectivity index (χ2n) is 4.89. The summed E-state index contributed by atoms with van der Waals surface area (Å²) in [5.74, 6) is -1.44. The molecule has 5 nitrogen and oxygen atoms in total. The van der Waals surface area contributed by atoms with Crippen LogP contribution < -0.4 is 5.32 Å². The van der Waals surface area contributed by atoms with Gasteiger partial charge in [-0.2, -0.15) is 0 Å². The van der Waals surface area contributed by atoms with Gasteiger partial charge in [-0.05, 0) is 35.7 Å². The first kappa shape index (κ1) is 16.1. The number of hydrogen-bond donors (Lipinski definition) is 2. The molecule has 1 unspecified atom stereocenters. The fourth-order valence-corrected chi connectivity index (χ4v) is 2.44. The quantitative estimate of drug-likeness (QED) is 0.856. The number of carboxylic acid groups (broad SMARTS) is 1. The van der Waals surface area contributed by atoms with Crippen LogP contribution in [0.25, 0.3) is 0 Å². The SMILES string of the molecule is CCC(CNC(=O)c1ccc(Cl)o1)(C(=O)O)c1ccccc1. The van der Waals surface area contributed by atoms with E-state index in [-0.39, 0.29) is 17.5 Å². The number of carbonyl (C=O) groups is 2. The molecular formula is C16H16ClNO4. The second-order valence-corrected chi connectivity index (χ2v) is 5.27. The van der Waals surface area contributed by atoms with Crippen LogP contribution in [-0.2, 0) is 10.2 Å². The zero-order chi connectivity index (χ0) is 16.2. The molecule has 1 amide bonds. The molecule has 0 fully saturated rings. The van der Waals surface area contributed by atoms with Gasteiger partial charge < -0.3 is 14.8 Å². The van der Waals surface area contributed by atoms with Crippen LogP contribution in [0.3, 0.4) is 0 Å². The Morgan fingerprint density at radius 2 is 1.91 bits per heavy atom. The number of benzene rings is 1. The van der Waals surface area contributed by atoms with Crippen LogP contribution in [0, 0.1) is 0 Å². The smallest absolute Gasteiger partial charge is 0.315 e. The largest absolute Gasteiger partial charge is 0.481 e. The van der Waals surface area contributed by atoms with Gasteiger partial charge in [0.15, 0.2) is 11.0 Å². The van der Waals surface area contributed by atoms with E-state index in [1.807, 2.05) is 6.07 Å². The van der Waals surface area contributed by atoms with Crippen molar-refractivity contribution in [2.45, 2.75) is 18.8 Å². The molecule has 0 aliphatic carbocycles. The molecule has 0 bridgehead atoms. The minimum absolute atomic E-state index is 0.0417. The van der Waals surface area contributed by atoms with Crippen molar-refractivity contribution in [3.8, 4) is 0 Å². The van der Waals surface area contributed by atoms with Crippen molar-refractivity contribution in [1.29, 1.82) is 0 Å². The van der Waals surface area contributed by atoms with Gasteiger partial charge in [-0.3, -0.25) is 9.59 Å². The lowest BCUT2D eigenvalue weighted by atomic mass is 9.78. The molecule has 0 spiro atoms. The first-order valence-corrected chi connectivity index (χ1v) is 7.20. The molecule has 6 heteroatoms. The van der Waals surface area contributed by atoms with E-state index < -0.39 is 17.3 Å². The molecule has 0 saturated heterocycles. The van der Waals surface area contributed by atoms with Crippen molar-refractivity contribution >= 4 is 23.5 Å². The van der Waals surface area contributed by atoms with Gasteiger partial charge in [0.05, 0.1) is 0 Å². The van der Waals surface area contributed by atoms with Gasteiger partial charge in [-0.15, -0.1) is 0 Å². The molecule has 0 radical (unpaired) electrons. The van der Waals surface area contributed by atoms with Crippen LogP contribution in [0.2, 0.25) is 5.22 Å². The highest BCUT2D eigenvalue weighted by molar-refractivity contribution is 6.29. The third-order valence-electron chi connectivity index (χ3n) is 3.69. The molecule has 1 heterocycles. The van der Waals surface area contributed by atoms with E-state index in [9.17, 15) is 14.7 Å². The summed E-state index contributed by atoms with van der Waals surface area (Å²) in [5.41, 5.74) is -0.546. The molecule has 2 N–H and O–H groups in total. The molecule has 1 aromatic heterocycles. The van der Waals surface area contributed by atoms with E-state index in [1.165, 1.54) is 12.1 Å². The number of furan rings is 1. The molecule has 0 aliphatic heterocycles. The number of carbonyl (C=O) groups excluding carboxylic acids is 1. The van der Waals surface area contributed by atoms with E-state index in [0.717, 1.165) is 0 Å². The Balaban J connectivity index is 2.21. The summed E-state index contributed by atoms with van der Waals surface area (Å²) >= 11 is 5.63. The predicted octanol–water partition coefficient (Wildman–Crippen LogP) is 3.10. The van der Waals surface area contributed by atoms with Gasteiger partial charge in [0.25, 0.3) is 5.91 Å². The highest BCUT2D eigenvalue weighted by Gasteiger charge is 2.39. The Morgan fingerprint density at radius 1 is 1.23 bits per heavy atom. The summed E-state index contributed by atoms with van der Waals surface area (Å²) in [5, 5.41) is 12.4. The van der Waals surface area contributed by atoms with E-state index >= 15 is 0 Å². The van der Waals surface area contributed by atoms with Crippen molar-refractivity contribution in [2.24, 2.45) is 0 Å². The van der Waals surface area contributed by atoms with Gasteiger partial charge in [0.2, 0.25) is 0 Å². The summed E-state index contributed by atoms with van der Waals surface area (Å²) in [7, 11) is 0. The minimum atomic E-state index is -1.19. The van der Waals surface area contributed by atoms with Crippen molar-refractivity contribution < 1.29 is 19.1 Å². The number of rotatable bonds is 6. The Morgan fingerprint density at radius 3 is 2.41 bits per heavy atom. The minimum Gasteiger partial charge on any atom is -0.481 e. The first-order valence-electron chi connectivity index (χ1n) is 6.82. The lowest BCUT2D eigenvalue weighted by molar-refractivity contribution is -0.143. The second kappa shape index (κ2) is 6.66. The van der Waals surface area contributed by atoms with Gasteiger partial charge in [0.1, 0.15) is 5.41 Å². The fourth-order valence-electron chi connectivity index (χ4n) is 2.29. The highest BCUT2D eigenvalue weighted by Crippen LogP contribution is 2.28. The summed E-state index contributed by atoms with van der Waals surface area (Å²) in [6.07, 6.45) is 0.339. The van der Waals surface area contributed by atoms with Crippen LogP contribution in [-0.4, -0.2) is 23.5 Å². The van der Waals surface area contributed by atoms with Crippen LogP contribution >= 0.6 is 11.6 Å². The summed E-state index contributed by atoms with van der Waals surface area (Å²) in [4.78, 5) is 23.8. The molecule has 1 atom stereocenters. The number of halogens is 1. The zero-order valence-corrected chi connectivity index (χ0v) is 12.8. The van der Waals surface area contributed by atoms with Crippen LogP contribution in [0.4, 0.5) is 0 Å². The molecule has 0 aliphatic rings. The normalized spacial score (nSPS) is 13.4. The number of nitrogens with one attached hydrogen (secondary N) is 1.